The predicted molar refractivity (Wildman–Crippen MR) is 94.0 cm³/mol. The number of aliphatic hydroxyl groups excluding tert-OH is 1. The summed E-state index contributed by atoms with van der Waals surface area (Å²) in [6.07, 6.45) is 1.62. The monoisotopic (exact) mass is 347 g/mol. The number of nitrogens with one attached hydrogen (secondary N) is 2. The van der Waals surface area contributed by atoms with Gasteiger partial charge in [-0.25, -0.2) is 9.78 Å². The molecule has 1 amide bonds. The number of hydrogen-bond acceptors (Lipinski definition) is 6. The fourth-order valence-corrected chi connectivity index (χ4v) is 3.52. The lowest BCUT2D eigenvalue weighted by molar-refractivity contribution is 0.131. The lowest BCUT2D eigenvalue weighted by atomic mass is 9.99. The van der Waals surface area contributed by atoms with Crippen molar-refractivity contribution < 1.29 is 14.6 Å². The van der Waals surface area contributed by atoms with Crippen LogP contribution in [0.2, 0.25) is 0 Å². The fraction of sp³-hybridized carbons (Fsp3) is 0.412. The number of thiazole rings is 1. The summed E-state index contributed by atoms with van der Waals surface area (Å²) in [7, 11) is 0. The lowest BCUT2D eigenvalue weighted by Gasteiger charge is -2.22. The standard InChI is InChI=1S/C17H21N3O3S/c21-9-13-11-24-16(19-13)14-3-1-2-4-15(14)20-17(22)23-10-12-5-7-18-8-6-12/h1-4,11-12,18,21H,5-10H2,(H,20,22). The second-order valence-electron chi connectivity index (χ2n) is 5.76. The third-order valence-electron chi connectivity index (χ3n) is 4.02. The van der Waals surface area contributed by atoms with Crippen molar-refractivity contribution in [3.8, 4) is 10.6 Å². The maximum atomic E-state index is 12.1. The number of carbonyl (C=O) groups is 1. The summed E-state index contributed by atoms with van der Waals surface area (Å²) in [6.45, 7) is 2.32. The van der Waals surface area contributed by atoms with E-state index in [9.17, 15) is 4.79 Å². The Hall–Kier alpha value is -1.96. The van der Waals surface area contributed by atoms with Gasteiger partial charge in [-0.1, -0.05) is 12.1 Å². The Bertz CT molecular complexity index is 683. The number of rotatable bonds is 5. The molecule has 1 fully saturated rings. The molecule has 0 unspecified atom stereocenters. The molecule has 24 heavy (non-hydrogen) atoms. The van der Waals surface area contributed by atoms with Gasteiger partial charge in [-0.3, -0.25) is 5.32 Å². The zero-order valence-electron chi connectivity index (χ0n) is 13.3. The van der Waals surface area contributed by atoms with Crippen LogP contribution < -0.4 is 10.6 Å². The molecule has 1 aromatic carbocycles. The summed E-state index contributed by atoms with van der Waals surface area (Å²) >= 11 is 1.43. The SMILES string of the molecule is O=C(Nc1ccccc1-c1nc(CO)cs1)OCC1CCNCC1. The molecule has 1 aromatic heterocycles. The maximum Gasteiger partial charge on any atom is 0.411 e. The zero-order chi connectivity index (χ0) is 16.8. The Balaban J connectivity index is 1.63. The van der Waals surface area contributed by atoms with Crippen LogP contribution >= 0.6 is 11.3 Å². The maximum absolute atomic E-state index is 12.1. The molecule has 6 nitrogen and oxygen atoms in total. The molecule has 3 rings (SSSR count). The topological polar surface area (TPSA) is 83.5 Å². The molecule has 128 valence electrons. The van der Waals surface area contributed by atoms with Gasteiger partial charge in [0.05, 0.1) is 24.6 Å². The van der Waals surface area contributed by atoms with Crippen LogP contribution in [0.15, 0.2) is 29.6 Å². The molecule has 0 spiro atoms. The first-order valence-corrected chi connectivity index (χ1v) is 8.93. The molecule has 2 heterocycles. The molecule has 2 aromatic rings. The van der Waals surface area contributed by atoms with E-state index in [1.807, 2.05) is 29.6 Å². The van der Waals surface area contributed by atoms with Crippen molar-refractivity contribution in [2.45, 2.75) is 19.4 Å². The van der Waals surface area contributed by atoms with Crippen LogP contribution in [0.1, 0.15) is 18.5 Å². The number of piperidine rings is 1. The van der Waals surface area contributed by atoms with Gasteiger partial charge < -0.3 is 15.2 Å². The Kier molecular flexibility index (Phi) is 5.79. The molecule has 1 saturated heterocycles. The first kappa shape index (κ1) is 16.9. The number of carbonyl (C=O) groups excluding carboxylic acids is 1. The van der Waals surface area contributed by atoms with Crippen LogP contribution in [0.4, 0.5) is 10.5 Å². The van der Waals surface area contributed by atoms with Crippen LogP contribution in [-0.4, -0.2) is 35.9 Å². The molecular formula is C17H21N3O3S. The first-order chi connectivity index (χ1) is 11.8. The van der Waals surface area contributed by atoms with Gasteiger partial charge in [0.15, 0.2) is 0 Å². The van der Waals surface area contributed by atoms with Gasteiger partial charge in [-0.2, -0.15) is 0 Å². The molecular weight excluding hydrogens is 326 g/mol. The van der Waals surface area contributed by atoms with Crippen molar-refractivity contribution in [3.63, 3.8) is 0 Å². The van der Waals surface area contributed by atoms with E-state index >= 15 is 0 Å². The summed E-state index contributed by atoms with van der Waals surface area (Å²) in [4.78, 5) is 16.4. The summed E-state index contributed by atoms with van der Waals surface area (Å²) in [5.74, 6) is 0.429. The molecule has 1 aliphatic rings. The van der Waals surface area contributed by atoms with Crippen molar-refractivity contribution in [3.05, 3.63) is 35.3 Å². The van der Waals surface area contributed by atoms with Gasteiger partial charge in [0.1, 0.15) is 5.01 Å². The number of aliphatic hydroxyl groups is 1. The molecule has 0 bridgehead atoms. The molecule has 0 saturated carbocycles. The second kappa shape index (κ2) is 8.23. The number of benzene rings is 1. The smallest absolute Gasteiger partial charge is 0.411 e. The van der Waals surface area contributed by atoms with Gasteiger partial charge in [-0.15, -0.1) is 11.3 Å². The van der Waals surface area contributed by atoms with E-state index in [2.05, 4.69) is 15.6 Å². The van der Waals surface area contributed by atoms with E-state index in [0.717, 1.165) is 36.5 Å². The molecule has 0 radical (unpaired) electrons. The number of nitrogens with zero attached hydrogens (tertiary/aromatic N) is 1. The van der Waals surface area contributed by atoms with Gasteiger partial charge in [-0.05, 0) is 44.0 Å². The lowest BCUT2D eigenvalue weighted by Crippen LogP contribution is -2.31. The quantitative estimate of drug-likeness (QED) is 0.775. The van der Waals surface area contributed by atoms with Crippen molar-refractivity contribution in [2.75, 3.05) is 25.0 Å². The van der Waals surface area contributed by atoms with Gasteiger partial charge >= 0.3 is 6.09 Å². The van der Waals surface area contributed by atoms with Crippen LogP contribution in [0.5, 0.6) is 0 Å². The van der Waals surface area contributed by atoms with E-state index in [1.165, 1.54) is 11.3 Å². The number of aromatic nitrogens is 1. The summed E-state index contributed by atoms with van der Waals surface area (Å²) < 4.78 is 5.37. The zero-order valence-corrected chi connectivity index (χ0v) is 14.1. The third kappa shape index (κ3) is 4.31. The molecule has 0 aliphatic carbocycles. The fourth-order valence-electron chi connectivity index (χ4n) is 2.67. The average Bonchev–Trinajstić information content (AvgIpc) is 3.10. The largest absolute Gasteiger partial charge is 0.449 e. The van der Waals surface area contributed by atoms with Crippen LogP contribution in [0.3, 0.4) is 0 Å². The van der Waals surface area contributed by atoms with Crippen LogP contribution in [-0.2, 0) is 11.3 Å². The molecule has 0 atom stereocenters. The number of para-hydroxylation sites is 1. The van der Waals surface area contributed by atoms with Crippen molar-refractivity contribution in [2.24, 2.45) is 5.92 Å². The molecule has 1 aliphatic heterocycles. The van der Waals surface area contributed by atoms with E-state index in [-0.39, 0.29) is 6.61 Å². The summed E-state index contributed by atoms with van der Waals surface area (Å²) in [6, 6.07) is 7.46. The molecule has 3 N–H and O–H groups in total. The van der Waals surface area contributed by atoms with E-state index < -0.39 is 6.09 Å². The van der Waals surface area contributed by atoms with Crippen molar-refractivity contribution in [1.82, 2.24) is 10.3 Å². The minimum Gasteiger partial charge on any atom is -0.449 e. The summed E-state index contributed by atoms with van der Waals surface area (Å²) in [5.41, 5.74) is 2.10. The van der Waals surface area contributed by atoms with Crippen LogP contribution in [0, 0.1) is 5.92 Å². The normalized spacial score (nSPS) is 15.2. The highest BCUT2D eigenvalue weighted by Gasteiger charge is 2.16. The summed E-state index contributed by atoms with van der Waals surface area (Å²) in [5, 5.41) is 17.8. The average molecular weight is 347 g/mol. The van der Waals surface area contributed by atoms with Crippen molar-refractivity contribution in [1.29, 1.82) is 0 Å². The van der Waals surface area contributed by atoms with Crippen LogP contribution in [0.25, 0.3) is 10.6 Å². The number of amides is 1. The Morgan fingerprint density at radius 3 is 2.92 bits per heavy atom. The number of ether oxygens (including phenoxy) is 1. The Morgan fingerprint density at radius 1 is 1.38 bits per heavy atom. The first-order valence-electron chi connectivity index (χ1n) is 8.05. The number of anilines is 1. The third-order valence-corrected chi connectivity index (χ3v) is 4.94. The Labute approximate surface area is 144 Å². The minimum absolute atomic E-state index is 0.0929. The highest BCUT2D eigenvalue weighted by Crippen LogP contribution is 2.30. The van der Waals surface area contributed by atoms with E-state index in [4.69, 9.17) is 9.84 Å². The molecule has 7 heteroatoms. The van der Waals surface area contributed by atoms with E-state index in [1.54, 1.807) is 0 Å². The highest BCUT2D eigenvalue weighted by molar-refractivity contribution is 7.13. The Morgan fingerprint density at radius 2 is 2.17 bits per heavy atom. The highest BCUT2D eigenvalue weighted by atomic mass is 32.1. The minimum atomic E-state index is -0.445. The predicted octanol–water partition coefficient (Wildman–Crippen LogP) is 2.85. The van der Waals surface area contributed by atoms with Crippen molar-refractivity contribution >= 4 is 23.1 Å². The second-order valence-corrected chi connectivity index (χ2v) is 6.62. The van der Waals surface area contributed by atoms with E-state index in [0.29, 0.717) is 23.9 Å². The van der Waals surface area contributed by atoms with Gasteiger partial charge in [0, 0.05) is 10.9 Å². The van der Waals surface area contributed by atoms with Gasteiger partial charge in [0.2, 0.25) is 0 Å². The number of hydrogen-bond donors (Lipinski definition) is 3. The van der Waals surface area contributed by atoms with Gasteiger partial charge in [0.25, 0.3) is 0 Å².